The number of carbonyl (C=O) groups is 1. The maximum absolute atomic E-state index is 12.7. The molecule has 0 saturated carbocycles. The number of piperidine rings is 1. The first-order valence-electron chi connectivity index (χ1n) is 11.8. The van der Waals surface area contributed by atoms with Crippen molar-refractivity contribution in [2.24, 2.45) is 0 Å². The van der Waals surface area contributed by atoms with E-state index >= 15 is 0 Å². The van der Waals surface area contributed by atoms with Crippen LogP contribution in [0.4, 0.5) is 18.9 Å². The second-order valence-corrected chi connectivity index (χ2v) is 11.5. The smallest absolute Gasteiger partial charge is 0.359 e. The minimum atomic E-state index is -4.18. The summed E-state index contributed by atoms with van der Waals surface area (Å²) in [5.41, 5.74) is 3.57. The summed E-state index contributed by atoms with van der Waals surface area (Å²) in [4.78, 5) is 21.6. The molecule has 2 aromatic heterocycles. The number of hydrogen-bond acceptors (Lipinski definition) is 5. The molecule has 0 unspecified atom stereocenters. The van der Waals surface area contributed by atoms with Gasteiger partial charge in [-0.15, -0.1) is 0 Å². The summed E-state index contributed by atoms with van der Waals surface area (Å²) in [6.45, 7) is 0.0464. The first-order valence-corrected chi connectivity index (χ1v) is 14.1. The van der Waals surface area contributed by atoms with Crippen molar-refractivity contribution in [2.45, 2.75) is 31.5 Å². The van der Waals surface area contributed by atoms with Crippen molar-refractivity contribution in [1.29, 1.82) is 0 Å². The van der Waals surface area contributed by atoms with Gasteiger partial charge in [-0.05, 0) is 73.3 Å². The van der Waals surface area contributed by atoms with Crippen LogP contribution in [-0.2, 0) is 16.6 Å². The number of H-pyrrole nitrogens is 1. The summed E-state index contributed by atoms with van der Waals surface area (Å²) in [6.07, 6.45) is 1.43. The van der Waals surface area contributed by atoms with Crippen LogP contribution in [0, 0.1) is 0 Å². The van der Waals surface area contributed by atoms with Crippen molar-refractivity contribution >= 4 is 33.2 Å². The highest BCUT2D eigenvalue weighted by atomic mass is 35.5. The Morgan fingerprint density at radius 1 is 1.18 bits per heavy atom. The predicted molar refractivity (Wildman–Crippen MR) is 140 cm³/mol. The lowest BCUT2D eigenvalue weighted by atomic mass is 9.90. The molecule has 1 aliphatic rings. The van der Waals surface area contributed by atoms with Crippen molar-refractivity contribution < 1.29 is 26.4 Å². The van der Waals surface area contributed by atoms with Crippen LogP contribution >= 0.6 is 11.6 Å². The molecule has 1 fully saturated rings. The minimum Gasteiger partial charge on any atom is -0.359 e. The number of sulfonamides is 1. The number of carbonyl (C=O) groups excluding carboxylic acids is 1. The fourth-order valence-electron chi connectivity index (χ4n) is 4.47. The molecule has 3 heterocycles. The van der Waals surface area contributed by atoms with Crippen LogP contribution in [0.1, 0.15) is 40.2 Å². The molecule has 13 heteroatoms. The summed E-state index contributed by atoms with van der Waals surface area (Å²) in [5, 5.41) is 3.10. The molecule has 3 N–H and O–H groups in total. The quantitative estimate of drug-likeness (QED) is 0.362. The second kappa shape index (κ2) is 11.3. The second-order valence-electron chi connectivity index (χ2n) is 9.35. The van der Waals surface area contributed by atoms with E-state index in [1.54, 1.807) is 30.6 Å². The van der Waals surface area contributed by atoms with Crippen LogP contribution in [0.5, 0.6) is 0 Å². The fraction of sp³-hybridized carbons (Fsp3) is 0.360. The summed E-state index contributed by atoms with van der Waals surface area (Å²) >= 11 is 6.07. The molecule has 1 amide bonds. The van der Waals surface area contributed by atoms with Crippen LogP contribution in [0.15, 0.2) is 48.8 Å². The van der Waals surface area contributed by atoms with Gasteiger partial charge in [-0.1, -0.05) is 17.7 Å². The molecule has 0 aliphatic carbocycles. The van der Waals surface area contributed by atoms with Gasteiger partial charge in [0.25, 0.3) is 5.91 Å². The van der Waals surface area contributed by atoms with E-state index in [4.69, 9.17) is 11.6 Å². The normalized spacial score (nSPS) is 15.4. The van der Waals surface area contributed by atoms with E-state index in [2.05, 4.69) is 20.0 Å². The number of aromatic nitrogens is 2. The lowest BCUT2D eigenvalue weighted by Gasteiger charge is -2.32. The Labute approximate surface area is 223 Å². The highest BCUT2D eigenvalue weighted by molar-refractivity contribution is 7.92. The van der Waals surface area contributed by atoms with Gasteiger partial charge in [0.15, 0.2) is 0 Å². The van der Waals surface area contributed by atoms with Crippen molar-refractivity contribution in [3.63, 3.8) is 0 Å². The monoisotopic (exact) mass is 569 g/mol. The van der Waals surface area contributed by atoms with E-state index in [1.807, 2.05) is 12.1 Å². The Hall–Kier alpha value is -3.09. The zero-order valence-electron chi connectivity index (χ0n) is 20.5. The number of nitrogens with zero attached hydrogens (tertiary/aromatic N) is 2. The lowest BCUT2D eigenvalue weighted by Crippen LogP contribution is -2.39. The largest absolute Gasteiger partial charge is 0.401 e. The van der Waals surface area contributed by atoms with Gasteiger partial charge < -0.3 is 10.3 Å². The summed E-state index contributed by atoms with van der Waals surface area (Å²) < 4.78 is 63.1. The summed E-state index contributed by atoms with van der Waals surface area (Å²) in [6, 6.07) is 10.1. The molecule has 204 valence electrons. The van der Waals surface area contributed by atoms with Gasteiger partial charge in [-0.3, -0.25) is 19.4 Å². The van der Waals surface area contributed by atoms with Crippen LogP contribution in [0.3, 0.4) is 0 Å². The van der Waals surface area contributed by atoms with Crippen LogP contribution in [-0.4, -0.2) is 61.3 Å². The van der Waals surface area contributed by atoms with Gasteiger partial charge in [0.05, 0.1) is 35.4 Å². The average molecular weight is 570 g/mol. The Morgan fingerprint density at radius 3 is 2.55 bits per heavy atom. The molecule has 1 aliphatic heterocycles. The van der Waals surface area contributed by atoms with Gasteiger partial charge >= 0.3 is 6.18 Å². The minimum absolute atomic E-state index is 0.132. The molecule has 4 rings (SSSR count). The van der Waals surface area contributed by atoms with Gasteiger partial charge in [0.1, 0.15) is 0 Å². The molecule has 0 spiro atoms. The molecule has 8 nitrogen and oxygen atoms in total. The number of aromatic amines is 1. The zero-order chi connectivity index (χ0) is 27.5. The molecule has 0 atom stereocenters. The molecule has 38 heavy (non-hydrogen) atoms. The molecule has 3 aromatic rings. The topological polar surface area (TPSA) is 107 Å². The highest BCUT2D eigenvalue weighted by Gasteiger charge is 2.32. The number of rotatable bonds is 8. The molecule has 0 radical (unpaired) electrons. The number of likely N-dealkylation sites (tertiary alicyclic amines) is 1. The molecular formula is C25H27ClF3N5O3S. The number of nitrogens with one attached hydrogen (secondary N) is 3. The third-order valence-corrected chi connectivity index (χ3v) is 7.01. The van der Waals surface area contributed by atoms with Crippen LogP contribution < -0.4 is 10.0 Å². The Morgan fingerprint density at radius 2 is 1.92 bits per heavy atom. The third-order valence-electron chi connectivity index (χ3n) is 6.18. The maximum atomic E-state index is 12.7. The van der Waals surface area contributed by atoms with Crippen molar-refractivity contribution in [3.05, 3.63) is 70.5 Å². The number of anilines is 1. The molecule has 1 aromatic carbocycles. The number of benzene rings is 1. The predicted octanol–water partition coefficient (Wildman–Crippen LogP) is 4.77. The van der Waals surface area contributed by atoms with Gasteiger partial charge in [0, 0.05) is 24.0 Å². The van der Waals surface area contributed by atoms with E-state index in [-0.39, 0.29) is 18.4 Å². The third kappa shape index (κ3) is 7.95. The van der Waals surface area contributed by atoms with E-state index in [1.165, 1.54) is 11.0 Å². The first kappa shape index (κ1) is 27.9. The van der Waals surface area contributed by atoms with Gasteiger partial charge in [-0.25, -0.2) is 8.42 Å². The van der Waals surface area contributed by atoms with Crippen LogP contribution in [0.25, 0.3) is 11.4 Å². The maximum Gasteiger partial charge on any atom is 0.401 e. The SMILES string of the molecule is CS(=O)(=O)Nc1cc(Cl)cc(CNC(=O)c2c[nH]c(-c3ccc(C4CCN(CC(F)(F)F)CC4)cn3)c2)c1. The Kier molecular flexibility index (Phi) is 8.34. The van der Waals surface area contributed by atoms with E-state index in [0.717, 1.165) is 11.8 Å². The summed E-state index contributed by atoms with van der Waals surface area (Å²) in [5.74, 6) is -0.182. The zero-order valence-corrected chi connectivity index (χ0v) is 22.1. The average Bonchev–Trinajstić information content (AvgIpc) is 3.31. The van der Waals surface area contributed by atoms with Crippen LogP contribution in [0.2, 0.25) is 5.02 Å². The van der Waals surface area contributed by atoms with Crippen molar-refractivity contribution in [3.8, 4) is 11.4 Å². The Balaban J connectivity index is 1.33. The van der Waals surface area contributed by atoms with Crippen molar-refractivity contribution in [1.82, 2.24) is 20.2 Å². The fourth-order valence-corrected chi connectivity index (χ4v) is 5.27. The molecule has 0 bridgehead atoms. The van der Waals surface area contributed by atoms with Crippen molar-refractivity contribution in [2.75, 3.05) is 30.6 Å². The lowest BCUT2D eigenvalue weighted by molar-refractivity contribution is -0.147. The number of alkyl halides is 3. The molecule has 1 saturated heterocycles. The Bertz CT molecular complexity index is 1390. The number of amides is 1. The van der Waals surface area contributed by atoms with Gasteiger partial charge in [-0.2, -0.15) is 13.2 Å². The standard InChI is InChI=1S/C25H27ClF3N5O3S/c1-38(36,37)33-21-9-16(8-20(26)11-21)12-32-24(35)19-10-23(31-14-19)22-3-2-18(13-30-22)17-4-6-34(7-5-17)15-25(27,28)29/h2-3,8-11,13-14,17,31,33H,4-7,12,15H2,1H3,(H,32,35). The molecular weight excluding hydrogens is 543 g/mol. The number of pyridine rings is 1. The first-order chi connectivity index (χ1) is 17.8. The number of hydrogen-bond donors (Lipinski definition) is 3. The van der Waals surface area contributed by atoms with E-state index < -0.39 is 22.7 Å². The van der Waals surface area contributed by atoms with Gasteiger partial charge in [0.2, 0.25) is 10.0 Å². The van der Waals surface area contributed by atoms with E-state index in [0.29, 0.717) is 59.2 Å². The highest BCUT2D eigenvalue weighted by Crippen LogP contribution is 2.30. The summed E-state index contributed by atoms with van der Waals surface area (Å²) in [7, 11) is -3.47. The van der Waals surface area contributed by atoms with E-state index in [9.17, 15) is 26.4 Å². The number of halogens is 4.